The number of hydrogen-bond acceptors (Lipinski definition) is 4. The van der Waals surface area contributed by atoms with Crippen LogP contribution in [0, 0.1) is 0 Å². The van der Waals surface area contributed by atoms with E-state index in [1.165, 1.54) is 5.56 Å². The van der Waals surface area contributed by atoms with Crippen molar-refractivity contribution in [2.24, 2.45) is 0 Å². The zero-order valence-corrected chi connectivity index (χ0v) is 11.8. The number of hydrogen-bond donors (Lipinski definition) is 2. The molecule has 0 radical (unpaired) electrons. The number of anilines is 1. The summed E-state index contributed by atoms with van der Waals surface area (Å²) in [6.07, 6.45) is 1.65. The first-order chi connectivity index (χ1) is 9.20. The van der Waals surface area contributed by atoms with Crippen LogP contribution < -0.4 is 10.6 Å². The van der Waals surface area contributed by atoms with E-state index in [-0.39, 0.29) is 11.9 Å². The maximum absolute atomic E-state index is 11.7. The lowest BCUT2D eigenvalue weighted by Gasteiger charge is -2.14. The van der Waals surface area contributed by atoms with Crippen molar-refractivity contribution in [1.82, 2.24) is 10.3 Å². The lowest BCUT2D eigenvalue weighted by molar-refractivity contribution is 0.0951. The van der Waals surface area contributed by atoms with Gasteiger partial charge in [-0.05, 0) is 48.4 Å². The molecule has 0 aliphatic heterocycles. The molecule has 5 heteroatoms. The van der Waals surface area contributed by atoms with Crippen LogP contribution in [-0.2, 0) is 0 Å². The van der Waals surface area contributed by atoms with Gasteiger partial charge in [-0.15, -0.1) is 0 Å². The summed E-state index contributed by atoms with van der Waals surface area (Å²) in [6.45, 7) is 4.58. The number of amides is 1. The maximum atomic E-state index is 11.7. The molecule has 1 amide bonds. The number of carbonyl (C=O) groups excluding carboxylic acids is 1. The smallest absolute Gasteiger partial charge is 0.269 e. The molecule has 0 fully saturated rings. The highest BCUT2D eigenvalue weighted by Gasteiger charge is 2.09. The van der Waals surface area contributed by atoms with Gasteiger partial charge in [0, 0.05) is 24.5 Å². The van der Waals surface area contributed by atoms with Crippen molar-refractivity contribution in [3.63, 3.8) is 0 Å². The minimum Gasteiger partial charge on any atom is -0.378 e. The molecular weight excluding hydrogens is 258 g/mol. The van der Waals surface area contributed by atoms with E-state index in [9.17, 15) is 4.79 Å². The normalized spacial score (nSPS) is 11.9. The van der Waals surface area contributed by atoms with Crippen molar-refractivity contribution in [2.75, 3.05) is 11.9 Å². The van der Waals surface area contributed by atoms with Gasteiger partial charge in [-0.2, -0.15) is 11.3 Å². The quantitative estimate of drug-likeness (QED) is 0.881. The first kappa shape index (κ1) is 13.5. The molecule has 19 heavy (non-hydrogen) atoms. The van der Waals surface area contributed by atoms with E-state index in [0.29, 0.717) is 12.2 Å². The van der Waals surface area contributed by atoms with E-state index in [0.717, 1.165) is 5.69 Å². The van der Waals surface area contributed by atoms with Gasteiger partial charge in [-0.1, -0.05) is 0 Å². The van der Waals surface area contributed by atoms with Crippen molar-refractivity contribution < 1.29 is 4.79 Å². The van der Waals surface area contributed by atoms with Gasteiger partial charge in [-0.3, -0.25) is 9.78 Å². The molecule has 0 bridgehead atoms. The molecule has 4 nitrogen and oxygen atoms in total. The summed E-state index contributed by atoms with van der Waals surface area (Å²) in [4.78, 5) is 15.8. The summed E-state index contributed by atoms with van der Waals surface area (Å²) in [5.74, 6) is -0.144. The van der Waals surface area contributed by atoms with Gasteiger partial charge in [-0.25, -0.2) is 0 Å². The second kappa shape index (κ2) is 6.33. The zero-order chi connectivity index (χ0) is 13.7. The van der Waals surface area contributed by atoms with Crippen LogP contribution in [-0.4, -0.2) is 17.4 Å². The Labute approximate surface area is 116 Å². The van der Waals surface area contributed by atoms with E-state index in [1.807, 2.05) is 13.0 Å². The SMILES string of the molecule is CCNC(=O)c1cc(NC(C)c2ccsc2)ccn1. The van der Waals surface area contributed by atoms with Gasteiger partial charge in [0.25, 0.3) is 5.91 Å². The maximum Gasteiger partial charge on any atom is 0.269 e. The van der Waals surface area contributed by atoms with Gasteiger partial charge in [0.15, 0.2) is 0 Å². The summed E-state index contributed by atoms with van der Waals surface area (Å²) < 4.78 is 0. The number of pyridine rings is 1. The van der Waals surface area contributed by atoms with E-state index < -0.39 is 0 Å². The molecule has 0 spiro atoms. The summed E-state index contributed by atoms with van der Waals surface area (Å²) in [7, 11) is 0. The highest BCUT2D eigenvalue weighted by Crippen LogP contribution is 2.21. The molecule has 0 aliphatic rings. The van der Waals surface area contributed by atoms with E-state index >= 15 is 0 Å². The topological polar surface area (TPSA) is 54.0 Å². The Balaban J connectivity index is 2.09. The van der Waals surface area contributed by atoms with Gasteiger partial charge in [0.2, 0.25) is 0 Å². The van der Waals surface area contributed by atoms with Crippen LogP contribution in [0.2, 0.25) is 0 Å². The summed E-state index contributed by atoms with van der Waals surface area (Å²) in [6, 6.07) is 5.93. The second-order valence-electron chi connectivity index (χ2n) is 4.21. The molecule has 2 aromatic heterocycles. The van der Waals surface area contributed by atoms with Gasteiger partial charge in [0.1, 0.15) is 5.69 Å². The van der Waals surface area contributed by atoms with Crippen LogP contribution in [0.4, 0.5) is 5.69 Å². The molecule has 0 aromatic carbocycles. The van der Waals surface area contributed by atoms with E-state index in [1.54, 1.807) is 23.6 Å². The molecule has 1 unspecified atom stereocenters. The molecule has 2 N–H and O–H groups in total. The fourth-order valence-corrected chi connectivity index (χ4v) is 2.50. The van der Waals surface area contributed by atoms with Crippen molar-refractivity contribution in [3.8, 4) is 0 Å². The minimum absolute atomic E-state index is 0.144. The monoisotopic (exact) mass is 275 g/mol. The Morgan fingerprint density at radius 1 is 1.47 bits per heavy atom. The van der Waals surface area contributed by atoms with Crippen molar-refractivity contribution in [3.05, 3.63) is 46.4 Å². The van der Waals surface area contributed by atoms with Crippen LogP contribution in [0.25, 0.3) is 0 Å². The van der Waals surface area contributed by atoms with Crippen molar-refractivity contribution in [1.29, 1.82) is 0 Å². The number of aromatic nitrogens is 1. The molecule has 0 saturated carbocycles. The summed E-state index contributed by atoms with van der Waals surface area (Å²) in [5, 5.41) is 10.3. The number of rotatable bonds is 5. The lowest BCUT2D eigenvalue weighted by atomic mass is 10.1. The highest BCUT2D eigenvalue weighted by molar-refractivity contribution is 7.07. The Bertz CT molecular complexity index is 539. The molecular formula is C14H17N3OS. The number of carbonyl (C=O) groups is 1. The van der Waals surface area contributed by atoms with Gasteiger partial charge < -0.3 is 10.6 Å². The molecule has 0 aliphatic carbocycles. The van der Waals surface area contributed by atoms with Gasteiger partial charge in [0.05, 0.1) is 0 Å². The van der Waals surface area contributed by atoms with Gasteiger partial charge >= 0.3 is 0 Å². The van der Waals surface area contributed by atoms with Crippen molar-refractivity contribution >= 4 is 22.9 Å². The largest absolute Gasteiger partial charge is 0.378 e. The van der Waals surface area contributed by atoms with Crippen LogP contribution in [0.3, 0.4) is 0 Å². The highest BCUT2D eigenvalue weighted by atomic mass is 32.1. The van der Waals surface area contributed by atoms with Crippen molar-refractivity contribution in [2.45, 2.75) is 19.9 Å². The Kier molecular flexibility index (Phi) is 4.52. The van der Waals surface area contributed by atoms with Crippen LogP contribution in [0.1, 0.15) is 35.9 Å². The van der Waals surface area contributed by atoms with Crippen LogP contribution >= 0.6 is 11.3 Å². The lowest BCUT2D eigenvalue weighted by Crippen LogP contribution is -2.23. The minimum atomic E-state index is -0.144. The molecule has 2 aromatic rings. The Morgan fingerprint density at radius 3 is 3.00 bits per heavy atom. The molecule has 0 saturated heterocycles. The Morgan fingerprint density at radius 2 is 2.32 bits per heavy atom. The van der Waals surface area contributed by atoms with Crippen LogP contribution in [0.15, 0.2) is 35.2 Å². The summed E-state index contributed by atoms with van der Waals surface area (Å²) >= 11 is 1.68. The molecule has 1 atom stereocenters. The number of thiophene rings is 1. The van der Waals surface area contributed by atoms with E-state index in [4.69, 9.17) is 0 Å². The third-order valence-corrected chi connectivity index (χ3v) is 3.46. The molecule has 100 valence electrons. The van der Waals surface area contributed by atoms with Crippen LogP contribution in [0.5, 0.6) is 0 Å². The standard InChI is InChI=1S/C14H17N3OS/c1-3-15-14(18)13-8-12(4-6-16-13)17-10(2)11-5-7-19-9-11/h4-10H,3H2,1-2H3,(H,15,18)(H,16,17). The Hall–Kier alpha value is -1.88. The number of nitrogens with zero attached hydrogens (tertiary/aromatic N) is 1. The fourth-order valence-electron chi connectivity index (χ4n) is 1.75. The predicted molar refractivity (Wildman–Crippen MR) is 78.6 cm³/mol. The first-order valence-electron chi connectivity index (χ1n) is 6.23. The average Bonchev–Trinajstić information content (AvgIpc) is 2.93. The first-order valence-corrected chi connectivity index (χ1v) is 7.18. The predicted octanol–water partition coefficient (Wildman–Crippen LogP) is 3.07. The zero-order valence-electron chi connectivity index (χ0n) is 11.0. The third-order valence-electron chi connectivity index (χ3n) is 2.76. The average molecular weight is 275 g/mol. The second-order valence-corrected chi connectivity index (χ2v) is 4.99. The fraction of sp³-hybridized carbons (Fsp3) is 0.286. The number of nitrogens with one attached hydrogen (secondary N) is 2. The third kappa shape index (κ3) is 3.54. The molecule has 2 heterocycles. The van der Waals surface area contributed by atoms with E-state index in [2.05, 4.69) is 39.4 Å². The summed E-state index contributed by atoms with van der Waals surface area (Å²) in [5.41, 5.74) is 2.57. The molecule has 2 rings (SSSR count).